The van der Waals surface area contributed by atoms with Crippen molar-refractivity contribution in [3.8, 4) is 0 Å². The second-order valence-corrected chi connectivity index (χ2v) is 2.89. The summed E-state index contributed by atoms with van der Waals surface area (Å²) in [5, 5.41) is 8.22. The highest BCUT2D eigenvalue weighted by atomic mass is 32.1. The highest BCUT2D eigenvalue weighted by molar-refractivity contribution is 7.81. The normalized spacial score (nSPS) is 10.1. The topological polar surface area (TPSA) is 54.4 Å². The molecule has 1 N–H and O–H groups in total. The lowest BCUT2D eigenvalue weighted by Crippen LogP contribution is -2.18. The number of carboxylic acid groups (broad SMARTS) is 1. The molecule has 0 unspecified atom stereocenters. The minimum Gasteiger partial charge on any atom is -0.476 e. The number of ketones is 1. The van der Waals surface area contributed by atoms with E-state index in [1.165, 1.54) is 0 Å². The van der Waals surface area contributed by atoms with Crippen molar-refractivity contribution in [1.82, 2.24) is 0 Å². The maximum absolute atomic E-state index is 10.6. The Balaban J connectivity index is 3.81. The van der Waals surface area contributed by atoms with Crippen LogP contribution >= 0.6 is 25.3 Å². The van der Waals surface area contributed by atoms with Crippen LogP contribution < -0.4 is 0 Å². The van der Waals surface area contributed by atoms with Gasteiger partial charge >= 0.3 is 5.97 Å². The van der Waals surface area contributed by atoms with E-state index in [0.717, 1.165) is 0 Å². The predicted octanol–water partition coefficient (Wildman–Crippen LogP) is 0.506. The second kappa shape index (κ2) is 5.49. The highest BCUT2D eigenvalue weighted by Crippen LogP contribution is 2.07. The number of aliphatic carboxylic acids is 1. The molecule has 0 atom stereocenters. The van der Waals surface area contributed by atoms with Crippen LogP contribution in [-0.2, 0) is 9.59 Å². The Morgan fingerprint density at radius 1 is 1.27 bits per heavy atom. The zero-order chi connectivity index (χ0) is 8.85. The van der Waals surface area contributed by atoms with Gasteiger partial charge in [0, 0.05) is 6.42 Å². The Kier molecular flexibility index (Phi) is 5.41. The Hall–Kier alpha value is -0.160. The molecule has 0 radical (unpaired) electrons. The maximum atomic E-state index is 10.6. The highest BCUT2D eigenvalue weighted by Gasteiger charge is 2.16. The molecule has 0 aliphatic carbocycles. The molecule has 0 aromatic carbocycles. The molecular formula is C6H10O3S2. The molecule has 11 heavy (non-hydrogen) atoms. The van der Waals surface area contributed by atoms with E-state index in [0.29, 0.717) is 11.5 Å². The van der Waals surface area contributed by atoms with Crippen LogP contribution in [0.2, 0.25) is 0 Å². The monoisotopic (exact) mass is 194 g/mol. The summed E-state index contributed by atoms with van der Waals surface area (Å²) in [6, 6.07) is 0. The Morgan fingerprint density at radius 3 is 2.00 bits per heavy atom. The van der Waals surface area contributed by atoms with E-state index in [-0.39, 0.29) is 12.3 Å². The van der Waals surface area contributed by atoms with Crippen molar-refractivity contribution in [1.29, 1.82) is 0 Å². The van der Waals surface area contributed by atoms with E-state index >= 15 is 0 Å². The lowest BCUT2D eigenvalue weighted by molar-refractivity contribution is -0.149. The molecule has 0 heterocycles. The summed E-state index contributed by atoms with van der Waals surface area (Å²) in [5.74, 6) is -1.20. The van der Waals surface area contributed by atoms with Crippen LogP contribution in [0.3, 0.4) is 0 Å². The Labute approximate surface area is 76.0 Å². The van der Waals surface area contributed by atoms with Gasteiger partial charge in [-0.15, -0.1) is 0 Å². The van der Waals surface area contributed by atoms with Gasteiger partial charge in [0.25, 0.3) is 0 Å². The lowest BCUT2D eigenvalue weighted by Gasteiger charge is -2.06. The van der Waals surface area contributed by atoms with Crippen molar-refractivity contribution in [2.45, 2.75) is 6.42 Å². The number of carbonyl (C=O) groups is 2. The van der Waals surface area contributed by atoms with Crippen LogP contribution in [0.25, 0.3) is 0 Å². The molecule has 0 rings (SSSR count). The molecular weight excluding hydrogens is 184 g/mol. The van der Waals surface area contributed by atoms with Crippen molar-refractivity contribution in [2.75, 3.05) is 11.5 Å². The van der Waals surface area contributed by atoms with Crippen molar-refractivity contribution in [3.63, 3.8) is 0 Å². The first kappa shape index (κ1) is 10.8. The zero-order valence-corrected chi connectivity index (χ0v) is 7.65. The van der Waals surface area contributed by atoms with Gasteiger partial charge < -0.3 is 5.11 Å². The molecule has 0 saturated carbocycles. The Bertz CT molecular complexity index is 154. The van der Waals surface area contributed by atoms with Crippen LogP contribution in [0, 0.1) is 5.92 Å². The molecule has 0 amide bonds. The quantitative estimate of drug-likeness (QED) is 0.441. The number of thiol groups is 2. The van der Waals surface area contributed by atoms with Crippen molar-refractivity contribution in [3.05, 3.63) is 0 Å². The molecule has 0 aliphatic heterocycles. The van der Waals surface area contributed by atoms with Gasteiger partial charge in [-0.1, -0.05) is 0 Å². The predicted molar refractivity (Wildman–Crippen MR) is 48.5 cm³/mol. The SMILES string of the molecule is O=C(O)C(=O)CC(CS)CS. The minimum absolute atomic E-state index is 0.0301. The van der Waals surface area contributed by atoms with E-state index in [1.54, 1.807) is 0 Å². The molecule has 0 aliphatic rings. The van der Waals surface area contributed by atoms with E-state index in [1.807, 2.05) is 0 Å². The number of rotatable bonds is 5. The summed E-state index contributed by atoms with van der Waals surface area (Å²) >= 11 is 7.89. The Morgan fingerprint density at radius 2 is 1.73 bits per heavy atom. The largest absolute Gasteiger partial charge is 0.476 e. The van der Waals surface area contributed by atoms with E-state index in [9.17, 15) is 9.59 Å². The van der Waals surface area contributed by atoms with E-state index in [4.69, 9.17) is 5.11 Å². The van der Waals surface area contributed by atoms with Gasteiger partial charge in [0.15, 0.2) is 0 Å². The van der Waals surface area contributed by atoms with Gasteiger partial charge in [-0.2, -0.15) is 25.3 Å². The average Bonchev–Trinajstić information content (AvgIpc) is 1.99. The first-order valence-corrected chi connectivity index (χ1v) is 4.36. The average molecular weight is 194 g/mol. The number of hydrogen-bond donors (Lipinski definition) is 3. The molecule has 0 aromatic heterocycles. The third-order valence-corrected chi connectivity index (χ3v) is 2.26. The number of Topliss-reactive ketones (excluding diaryl/α,β-unsaturated/α-hetero) is 1. The van der Waals surface area contributed by atoms with Gasteiger partial charge in [0.05, 0.1) is 0 Å². The van der Waals surface area contributed by atoms with Crippen LogP contribution in [-0.4, -0.2) is 28.4 Å². The van der Waals surface area contributed by atoms with Gasteiger partial charge in [0.1, 0.15) is 0 Å². The van der Waals surface area contributed by atoms with Gasteiger partial charge in [0.2, 0.25) is 5.78 Å². The molecule has 0 aromatic rings. The molecule has 0 saturated heterocycles. The van der Waals surface area contributed by atoms with Crippen LogP contribution in [0.5, 0.6) is 0 Å². The standard InChI is InChI=1S/C6H10O3S2/c7-5(6(8)9)1-4(2-10)3-11/h4,10-11H,1-3H2,(H,8,9). The smallest absolute Gasteiger partial charge is 0.372 e. The van der Waals surface area contributed by atoms with Crippen LogP contribution in [0.15, 0.2) is 0 Å². The molecule has 3 nitrogen and oxygen atoms in total. The third-order valence-electron chi connectivity index (χ3n) is 1.23. The minimum atomic E-state index is -1.38. The lowest BCUT2D eigenvalue weighted by atomic mass is 10.1. The van der Waals surface area contributed by atoms with Crippen molar-refractivity contribution >= 4 is 37.0 Å². The molecule has 5 heteroatoms. The fraction of sp³-hybridized carbons (Fsp3) is 0.667. The summed E-state index contributed by atoms with van der Waals surface area (Å²) in [6.45, 7) is 0. The zero-order valence-electron chi connectivity index (χ0n) is 5.86. The maximum Gasteiger partial charge on any atom is 0.372 e. The number of carbonyl (C=O) groups excluding carboxylic acids is 1. The third kappa shape index (κ3) is 4.31. The number of carboxylic acids is 1. The fourth-order valence-corrected chi connectivity index (χ4v) is 1.26. The van der Waals surface area contributed by atoms with Gasteiger partial charge in [-0.05, 0) is 17.4 Å². The first-order chi connectivity index (χ1) is 5.11. The summed E-state index contributed by atoms with van der Waals surface area (Å²) < 4.78 is 0. The summed E-state index contributed by atoms with van der Waals surface area (Å²) in [6.07, 6.45) is 0.0301. The second-order valence-electron chi connectivity index (χ2n) is 2.16. The van der Waals surface area contributed by atoms with Crippen LogP contribution in [0.4, 0.5) is 0 Å². The van der Waals surface area contributed by atoms with Gasteiger partial charge in [-0.25, -0.2) is 4.79 Å². The van der Waals surface area contributed by atoms with Crippen LogP contribution in [0.1, 0.15) is 6.42 Å². The fourth-order valence-electron chi connectivity index (χ4n) is 0.536. The number of hydrogen-bond acceptors (Lipinski definition) is 4. The van der Waals surface area contributed by atoms with E-state index < -0.39 is 11.8 Å². The summed E-state index contributed by atoms with van der Waals surface area (Å²) in [5.41, 5.74) is 0. The molecule has 0 bridgehead atoms. The molecule has 64 valence electrons. The van der Waals surface area contributed by atoms with E-state index in [2.05, 4.69) is 25.3 Å². The summed E-state index contributed by atoms with van der Waals surface area (Å²) in [7, 11) is 0. The first-order valence-electron chi connectivity index (χ1n) is 3.09. The summed E-state index contributed by atoms with van der Waals surface area (Å²) in [4.78, 5) is 20.7. The molecule has 0 fully saturated rings. The van der Waals surface area contributed by atoms with Crippen molar-refractivity contribution in [2.24, 2.45) is 5.92 Å². The van der Waals surface area contributed by atoms with Crippen molar-refractivity contribution < 1.29 is 14.7 Å². The van der Waals surface area contributed by atoms with Gasteiger partial charge in [-0.3, -0.25) is 4.79 Å². The molecule has 0 spiro atoms.